The first-order valence-corrected chi connectivity index (χ1v) is 7.09. The largest absolute Gasteiger partial charge is 0.330 e. The summed E-state index contributed by atoms with van der Waals surface area (Å²) in [5.41, 5.74) is 8.03. The molecule has 19 heavy (non-hydrogen) atoms. The Balaban J connectivity index is 1.97. The van der Waals surface area contributed by atoms with E-state index in [0.29, 0.717) is 6.54 Å². The normalized spacial score (nSPS) is 18.7. The summed E-state index contributed by atoms with van der Waals surface area (Å²) in [5.74, 6) is 0. The van der Waals surface area contributed by atoms with E-state index >= 15 is 0 Å². The summed E-state index contributed by atoms with van der Waals surface area (Å²) in [5, 5.41) is 3.03. The zero-order valence-electron chi connectivity index (χ0n) is 11.6. The third kappa shape index (κ3) is 3.47. The molecular formula is C15H23N3O. The second-order valence-electron chi connectivity index (χ2n) is 5.08. The smallest absolute Gasteiger partial charge is 0.318 e. The molecule has 1 heterocycles. The van der Waals surface area contributed by atoms with Crippen LogP contribution in [-0.4, -0.2) is 30.6 Å². The molecule has 3 N–H and O–H groups in total. The number of hydrogen-bond donors (Lipinski definition) is 2. The van der Waals surface area contributed by atoms with Crippen LogP contribution in [0.2, 0.25) is 0 Å². The van der Waals surface area contributed by atoms with Gasteiger partial charge in [-0.3, -0.25) is 0 Å². The average Bonchev–Trinajstić information content (AvgIpc) is 2.79. The zero-order chi connectivity index (χ0) is 13.7. The number of nitrogens with two attached hydrogens (primary N) is 1. The molecule has 0 aliphatic carbocycles. The molecule has 1 aromatic carbocycles. The highest BCUT2D eigenvalue weighted by Crippen LogP contribution is 2.21. The van der Waals surface area contributed by atoms with Crippen LogP contribution in [0.15, 0.2) is 24.3 Å². The Hall–Kier alpha value is -1.55. The van der Waals surface area contributed by atoms with Crippen LogP contribution >= 0.6 is 0 Å². The summed E-state index contributed by atoms with van der Waals surface area (Å²) >= 11 is 0. The molecule has 1 unspecified atom stereocenters. The number of hydrogen-bond acceptors (Lipinski definition) is 2. The van der Waals surface area contributed by atoms with E-state index < -0.39 is 0 Å². The average molecular weight is 261 g/mol. The minimum absolute atomic E-state index is 0.0242. The molecule has 1 saturated heterocycles. The van der Waals surface area contributed by atoms with Crippen molar-refractivity contribution < 1.29 is 4.79 Å². The van der Waals surface area contributed by atoms with Crippen LogP contribution in [0.4, 0.5) is 4.79 Å². The van der Waals surface area contributed by atoms with Gasteiger partial charge in [-0.05, 0) is 30.5 Å². The van der Waals surface area contributed by atoms with Gasteiger partial charge in [0.1, 0.15) is 0 Å². The molecule has 2 amide bonds. The van der Waals surface area contributed by atoms with E-state index in [1.54, 1.807) is 0 Å². The van der Waals surface area contributed by atoms with Gasteiger partial charge >= 0.3 is 6.03 Å². The first kappa shape index (κ1) is 13.9. The Bertz CT molecular complexity index is 416. The zero-order valence-corrected chi connectivity index (χ0v) is 11.6. The molecule has 1 aliphatic rings. The third-order valence-electron chi connectivity index (χ3n) is 3.54. The summed E-state index contributed by atoms with van der Waals surface area (Å²) in [7, 11) is 0. The molecule has 104 valence electrons. The van der Waals surface area contributed by atoms with Gasteiger partial charge in [0, 0.05) is 13.1 Å². The Morgan fingerprint density at radius 2 is 2.11 bits per heavy atom. The maximum absolute atomic E-state index is 11.8. The van der Waals surface area contributed by atoms with E-state index in [1.807, 2.05) is 4.90 Å². The fraction of sp³-hybridized carbons (Fsp3) is 0.533. The molecule has 0 aromatic heterocycles. The maximum Gasteiger partial charge on any atom is 0.318 e. The standard InChI is InChI=1S/C15H23N3O/c1-2-4-12-5-7-13(8-6-12)14-11-18(10-3-9-16)15(19)17-14/h5-8,14H,2-4,9-11,16H2,1H3,(H,17,19). The molecule has 1 aromatic rings. The predicted molar refractivity (Wildman–Crippen MR) is 77.0 cm³/mol. The van der Waals surface area contributed by atoms with E-state index in [9.17, 15) is 4.79 Å². The Morgan fingerprint density at radius 1 is 1.37 bits per heavy atom. The molecule has 0 bridgehead atoms. The quantitative estimate of drug-likeness (QED) is 0.823. The van der Waals surface area contributed by atoms with E-state index in [4.69, 9.17) is 5.73 Å². The van der Waals surface area contributed by atoms with Crippen LogP contribution in [0, 0.1) is 0 Å². The summed E-state index contributed by atoms with van der Waals surface area (Å²) in [6.45, 7) is 4.29. The van der Waals surface area contributed by atoms with Crippen LogP contribution in [0.25, 0.3) is 0 Å². The molecule has 0 radical (unpaired) electrons. The fourth-order valence-electron chi connectivity index (χ4n) is 2.46. The highest BCUT2D eigenvalue weighted by Gasteiger charge is 2.28. The van der Waals surface area contributed by atoms with Crippen molar-refractivity contribution in [3.8, 4) is 0 Å². The predicted octanol–water partition coefficient (Wildman–Crippen LogP) is 2.05. The van der Waals surface area contributed by atoms with Crippen LogP contribution in [0.1, 0.15) is 36.9 Å². The first-order valence-electron chi connectivity index (χ1n) is 7.09. The molecule has 0 saturated carbocycles. The first-order chi connectivity index (χ1) is 9.24. The maximum atomic E-state index is 11.8. The van der Waals surface area contributed by atoms with Crippen LogP contribution in [-0.2, 0) is 6.42 Å². The Labute approximate surface area is 115 Å². The second kappa shape index (κ2) is 6.57. The lowest BCUT2D eigenvalue weighted by Gasteiger charge is -2.14. The van der Waals surface area contributed by atoms with Crippen molar-refractivity contribution >= 4 is 6.03 Å². The van der Waals surface area contributed by atoms with Gasteiger partial charge in [-0.25, -0.2) is 4.79 Å². The summed E-state index contributed by atoms with van der Waals surface area (Å²) < 4.78 is 0. The number of urea groups is 1. The van der Waals surface area contributed by atoms with Gasteiger partial charge in [0.05, 0.1) is 6.04 Å². The lowest BCUT2D eigenvalue weighted by Crippen LogP contribution is -2.30. The lowest BCUT2D eigenvalue weighted by molar-refractivity contribution is 0.217. The summed E-state index contributed by atoms with van der Waals surface area (Å²) in [6, 6.07) is 8.71. The molecular weight excluding hydrogens is 238 g/mol. The van der Waals surface area contributed by atoms with Crippen molar-refractivity contribution in [2.45, 2.75) is 32.2 Å². The Morgan fingerprint density at radius 3 is 2.74 bits per heavy atom. The van der Waals surface area contributed by atoms with Crippen LogP contribution < -0.4 is 11.1 Å². The fourth-order valence-corrected chi connectivity index (χ4v) is 2.46. The molecule has 4 nitrogen and oxygen atoms in total. The van der Waals surface area contributed by atoms with Crippen molar-refractivity contribution in [1.29, 1.82) is 0 Å². The van der Waals surface area contributed by atoms with Gasteiger partial charge in [-0.2, -0.15) is 0 Å². The van der Waals surface area contributed by atoms with Crippen molar-refractivity contribution in [3.05, 3.63) is 35.4 Å². The number of aryl methyl sites for hydroxylation is 1. The van der Waals surface area contributed by atoms with Crippen molar-refractivity contribution in [2.75, 3.05) is 19.6 Å². The number of amides is 2. The van der Waals surface area contributed by atoms with Crippen LogP contribution in [0.3, 0.4) is 0 Å². The van der Waals surface area contributed by atoms with E-state index in [-0.39, 0.29) is 12.1 Å². The highest BCUT2D eigenvalue weighted by molar-refractivity contribution is 5.77. The summed E-state index contributed by atoms with van der Waals surface area (Å²) in [6.07, 6.45) is 3.13. The van der Waals surface area contributed by atoms with Gasteiger partial charge in [0.2, 0.25) is 0 Å². The van der Waals surface area contributed by atoms with Crippen molar-refractivity contribution in [3.63, 3.8) is 0 Å². The number of carbonyl (C=O) groups excluding carboxylic acids is 1. The summed E-state index contributed by atoms with van der Waals surface area (Å²) in [4.78, 5) is 13.7. The van der Waals surface area contributed by atoms with Gasteiger partial charge in [0.15, 0.2) is 0 Å². The van der Waals surface area contributed by atoms with Gasteiger partial charge in [-0.1, -0.05) is 37.6 Å². The highest BCUT2D eigenvalue weighted by atomic mass is 16.2. The second-order valence-corrected chi connectivity index (χ2v) is 5.08. The molecule has 2 rings (SSSR count). The van der Waals surface area contributed by atoms with E-state index in [1.165, 1.54) is 11.1 Å². The number of carbonyl (C=O) groups is 1. The SMILES string of the molecule is CCCc1ccc(C2CN(CCCN)C(=O)N2)cc1. The molecule has 0 spiro atoms. The van der Waals surface area contributed by atoms with Crippen molar-refractivity contribution in [2.24, 2.45) is 5.73 Å². The van der Waals surface area contributed by atoms with Crippen molar-refractivity contribution in [1.82, 2.24) is 10.2 Å². The lowest BCUT2D eigenvalue weighted by atomic mass is 10.0. The minimum atomic E-state index is 0.0242. The number of rotatable bonds is 6. The van der Waals surface area contributed by atoms with Gasteiger partial charge in [0.25, 0.3) is 0 Å². The molecule has 1 atom stereocenters. The van der Waals surface area contributed by atoms with Crippen LogP contribution in [0.5, 0.6) is 0 Å². The third-order valence-corrected chi connectivity index (χ3v) is 3.54. The topological polar surface area (TPSA) is 58.4 Å². The number of benzene rings is 1. The molecule has 1 fully saturated rings. The Kier molecular flexibility index (Phi) is 4.80. The van der Waals surface area contributed by atoms with E-state index in [0.717, 1.165) is 32.4 Å². The van der Waals surface area contributed by atoms with Gasteiger partial charge < -0.3 is 16.0 Å². The monoisotopic (exact) mass is 261 g/mol. The number of nitrogens with zero attached hydrogens (tertiary/aromatic N) is 1. The minimum Gasteiger partial charge on any atom is -0.330 e. The van der Waals surface area contributed by atoms with E-state index in [2.05, 4.69) is 36.5 Å². The molecule has 1 aliphatic heterocycles. The molecule has 4 heteroatoms. The number of nitrogens with one attached hydrogen (secondary N) is 1. The van der Waals surface area contributed by atoms with Gasteiger partial charge in [-0.15, -0.1) is 0 Å².